The molecule has 0 fully saturated rings. The van der Waals surface area contributed by atoms with Crippen LogP contribution in [0.25, 0.3) is 0 Å². The molecule has 1 N–H and O–H groups in total. The monoisotopic (exact) mass is 207 g/mol. The molecule has 15 heavy (non-hydrogen) atoms. The minimum Gasteiger partial charge on any atom is -0.496 e. The van der Waals surface area contributed by atoms with Crippen LogP contribution in [0.15, 0.2) is 18.2 Å². The molecule has 3 heteroatoms. The van der Waals surface area contributed by atoms with Gasteiger partial charge in [-0.1, -0.05) is 6.92 Å². The van der Waals surface area contributed by atoms with Crippen LogP contribution in [-0.2, 0) is 11.2 Å². The molecule has 0 radical (unpaired) electrons. The fourth-order valence-electron chi connectivity index (χ4n) is 1.41. The topological polar surface area (TPSA) is 38.3 Å². The molecule has 0 spiro atoms. The number of methoxy groups -OCH3 is 1. The van der Waals surface area contributed by atoms with Crippen LogP contribution < -0.4 is 10.1 Å². The van der Waals surface area contributed by atoms with Crippen molar-refractivity contribution in [1.82, 2.24) is 0 Å². The van der Waals surface area contributed by atoms with Crippen LogP contribution in [0.1, 0.15) is 18.9 Å². The van der Waals surface area contributed by atoms with E-state index in [1.165, 1.54) is 0 Å². The lowest BCUT2D eigenvalue weighted by Crippen LogP contribution is -2.03. The molecule has 0 atom stereocenters. The number of anilines is 1. The summed E-state index contributed by atoms with van der Waals surface area (Å²) < 4.78 is 5.21. The molecule has 82 valence electrons. The first-order chi connectivity index (χ1) is 7.21. The minimum absolute atomic E-state index is 0.224. The van der Waals surface area contributed by atoms with Gasteiger partial charge in [0.2, 0.25) is 0 Å². The van der Waals surface area contributed by atoms with Gasteiger partial charge in [-0.3, -0.25) is 4.79 Å². The van der Waals surface area contributed by atoms with Crippen LogP contribution in [0.2, 0.25) is 0 Å². The molecule has 1 rings (SSSR count). The zero-order valence-corrected chi connectivity index (χ0v) is 9.46. The maximum Gasteiger partial charge on any atom is 0.137 e. The molecular weight excluding hydrogens is 190 g/mol. The van der Waals surface area contributed by atoms with E-state index >= 15 is 0 Å². The van der Waals surface area contributed by atoms with Crippen molar-refractivity contribution in [2.75, 3.05) is 19.5 Å². The van der Waals surface area contributed by atoms with E-state index in [1.54, 1.807) is 7.11 Å². The molecule has 0 aliphatic heterocycles. The van der Waals surface area contributed by atoms with Gasteiger partial charge in [0.1, 0.15) is 11.5 Å². The highest BCUT2D eigenvalue weighted by molar-refractivity contribution is 5.81. The summed E-state index contributed by atoms with van der Waals surface area (Å²) in [7, 11) is 3.47. The largest absolute Gasteiger partial charge is 0.496 e. The number of ether oxygens (including phenoxy) is 1. The van der Waals surface area contributed by atoms with Crippen LogP contribution in [0.4, 0.5) is 5.69 Å². The van der Waals surface area contributed by atoms with Crippen molar-refractivity contribution in [2.45, 2.75) is 19.8 Å². The van der Waals surface area contributed by atoms with Gasteiger partial charge in [-0.05, 0) is 18.2 Å². The zero-order chi connectivity index (χ0) is 11.3. The molecule has 0 aliphatic carbocycles. The number of rotatable bonds is 5. The van der Waals surface area contributed by atoms with Crippen LogP contribution in [0, 0.1) is 0 Å². The molecule has 0 aromatic heterocycles. The van der Waals surface area contributed by atoms with E-state index in [0.717, 1.165) is 17.0 Å². The SMILES string of the molecule is CCC(=O)Cc1cc(NC)ccc1OC. The number of carbonyl (C=O) groups excluding carboxylic acids is 1. The summed E-state index contributed by atoms with van der Waals surface area (Å²) in [6, 6.07) is 5.76. The fourth-order valence-corrected chi connectivity index (χ4v) is 1.41. The van der Waals surface area contributed by atoms with E-state index in [-0.39, 0.29) is 5.78 Å². The van der Waals surface area contributed by atoms with Gasteiger partial charge in [0, 0.05) is 31.1 Å². The average Bonchev–Trinajstić information content (AvgIpc) is 2.28. The van der Waals surface area contributed by atoms with Crippen molar-refractivity contribution in [3.05, 3.63) is 23.8 Å². The minimum atomic E-state index is 0.224. The Morgan fingerprint density at radius 2 is 2.20 bits per heavy atom. The summed E-state index contributed by atoms with van der Waals surface area (Å²) in [5, 5.41) is 3.04. The van der Waals surface area contributed by atoms with Crippen molar-refractivity contribution in [1.29, 1.82) is 0 Å². The molecule has 1 aromatic carbocycles. The summed E-state index contributed by atoms with van der Waals surface area (Å²) in [5.74, 6) is 0.998. The first-order valence-electron chi connectivity index (χ1n) is 5.07. The number of nitrogens with one attached hydrogen (secondary N) is 1. The molecule has 0 amide bonds. The van der Waals surface area contributed by atoms with Gasteiger partial charge in [-0.25, -0.2) is 0 Å². The van der Waals surface area contributed by atoms with E-state index in [0.29, 0.717) is 12.8 Å². The maximum absolute atomic E-state index is 11.4. The number of carbonyl (C=O) groups is 1. The molecule has 0 heterocycles. The lowest BCUT2D eigenvalue weighted by Gasteiger charge is -2.09. The van der Waals surface area contributed by atoms with Crippen molar-refractivity contribution in [3.8, 4) is 5.75 Å². The molecular formula is C12H17NO2. The molecule has 0 unspecified atom stereocenters. The Morgan fingerprint density at radius 3 is 2.73 bits per heavy atom. The van der Waals surface area contributed by atoms with Gasteiger partial charge in [0.25, 0.3) is 0 Å². The predicted octanol–water partition coefficient (Wildman–Crippen LogP) is 2.26. The van der Waals surface area contributed by atoms with Gasteiger partial charge in [-0.15, -0.1) is 0 Å². The molecule has 0 saturated heterocycles. The Morgan fingerprint density at radius 1 is 1.47 bits per heavy atom. The van der Waals surface area contributed by atoms with E-state index in [2.05, 4.69) is 5.32 Å². The van der Waals surface area contributed by atoms with Gasteiger partial charge < -0.3 is 10.1 Å². The number of benzene rings is 1. The van der Waals surface area contributed by atoms with Crippen LogP contribution >= 0.6 is 0 Å². The van der Waals surface area contributed by atoms with Gasteiger partial charge >= 0.3 is 0 Å². The standard InChI is InChI=1S/C12H17NO2/c1-4-11(14)8-9-7-10(13-2)5-6-12(9)15-3/h5-7,13H,4,8H2,1-3H3. The maximum atomic E-state index is 11.4. The molecule has 3 nitrogen and oxygen atoms in total. The van der Waals surface area contributed by atoms with E-state index in [4.69, 9.17) is 4.74 Å². The Labute approximate surface area is 90.4 Å². The smallest absolute Gasteiger partial charge is 0.137 e. The first kappa shape index (κ1) is 11.6. The number of Topliss-reactive ketones (excluding diaryl/α,β-unsaturated/α-hetero) is 1. The van der Waals surface area contributed by atoms with Crippen LogP contribution in [0.3, 0.4) is 0 Å². The summed E-state index contributed by atoms with van der Waals surface area (Å²) in [6.45, 7) is 1.87. The second kappa shape index (κ2) is 5.39. The van der Waals surface area contributed by atoms with E-state index < -0.39 is 0 Å². The van der Waals surface area contributed by atoms with Crippen molar-refractivity contribution < 1.29 is 9.53 Å². The molecule has 1 aromatic rings. The normalized spacial score (nSPS) is 9.80. The Hall–Kier alpha value is -1.51. The number of hydrogen-bond acceptors (Lipinski definition) is 3. The zero-order valence-electron chi connectivity index (χ0n) is 9.46. The number of ketones is 1. The fraction of sp³-hybridized carbons (Fsp3) is 0.417. The van der Waals surface area contributed by atoms with Gasteiger partial charge in [0.15, 0.2) is 0 Å². The van der Waals surface area contributed by atoms with Crippen molar-refractivity contribution in [3.63, 3.8) is 0 Å². The van der Waals surface area contributed by atoms with Gasteiger partial charge in [-0.2, -0.15) is 0 Å². The third kappa shape index (κ3) is 2.98. The summed E-state index contributed by atoms with van der Waals surface area (Å²) in [5.41, 5.74) is 1.94. The highest BCUT2D eigenvalue weighted by Crippen LogP contribution is 2.23. The predicted molar refractivity (Wildman–Crippen MR) is 61.5 cm³/mol. The Kier molecular flexibility index (Phi) is 4.16. The lowest BCUT2D eigenvalue weighted by atomic mass is 10.1. The third-order valence-corrected chi connectivity index (χ3v) is 2.35. The molecule has 0 aliphatic rings. The third-order valence-electron chi connectivity index (χ3n) is 2.35. The van der Waals surface area contributed by atoms with Crippen LogP contribution in [0.5, 0.6) is 5.75 Å². The second-order valence-corrected chi connectivity index (χ2v) is 3.35. The quantitative estimate of drug-likeness (QED) is 0.804. The Bertz CT molecular complexity index is 347. The number of hydrogen-bond donors (Lipinski definition) is 1. The second-order valence-electron chi connectivity index (χ2n) is 3.35. The van der Waals surface area contributed by atoms with Crippen molar-refractivity contribution in [2.24, 2.45) is 0 Å². The molecule has 0 bridgehead atoms. The molecule has 0 saturated carbocycles. The lowest BCUT2D eigenvalue weighted by molar-refractivity contribution is -0.118. The van der Waals surface area contributed by atoms with E-state index in [1.807, 2.05) is 32.2 Å². The highest BCUT2D eigenvalue weighted by Gasteiger charge is 2.07. The first-order valence-corrected chi connectivity index (χ1v) is 5.07. The Balaban J connectivity index is 2.95. The van der Waals surface area contributed by atoms with E-state index in [9.17, 15) is 4.79 Å². The highest BCUT2D eigenvalue weighted by atomic mass is 16.5. The summed E-state index contributed by atoms with van der Waals surface area (Å²) >= 11 is 0. The van der Waals surface area contributed by atoms with Gasteiger partial charge in [0.05, 0.1) is 7.11 Å². The van der Waals surface area contributed by atoms with Crippen LogP contribution in [-0.4, -0.2) is 19.9 Å². The summed E-state index contributed by atoms with van der Waals surface area (Å²) in [4.78, 5) is 11.4. The average molecular weight is 207 g/mol. The summed E-state index contributed by atoms with van der Waals surface area (Å²) in [6.07, 6.45) is 1.00. The van der Waals surface area contributed by atoms with Crippen molar-refractivity contribution >= 4 is 11.5 Å².